The van der Waals surface area contributed by atoms with Crippen molar-refractivity contribution in [2.45, 2.75) is 45.4 Å². The molecule has 26 heavy (non-hydrogen) atoms. The van der Waals surface area contributed by atoms with Gasteiger partial charge >= 0.3 is 0 Å². The van der Waals surface area contributed by atoms with Crippen LogP contribution in [-0.4, -0.2) is 31.4 Å². The summed E-state index contributed by atoms with van der Waals surface area (Å²) in [5, 5.41) is 5.52. The minimum absolute atomic E-state index is 0. The lowest BCUT2D eigenvalue weighted by molar-refractivity contribution is -0.123. The van der Waals surface area contributed by atoms with Crippen LogP contribution >= 0.6 is 12.4 Å². The van der Waals surface area contributed by atoms with Crippen LogP contribution in [0.4, 0.5) is 4.39 Å². The maximum atomic E-state index is 13.5. The van der Waals surface area contributed by atoms with Gasteiger partial charge in [0.2, 0.25) is 5.91 Å². The third-order valence-corrected chi connectivity index (χ3v) is 5.05. The van der Waals surface area contributed by atoms with Crippen LogP contribution < -0.4 is 16.4 Å². The van der Waals surface area contributed by atoms with E-state index in [1.54, 1.807) is 19.1 Å². The van der Waals surface area contributed by atoms with E-state index in [0.29, 0.717) is 31.6 Å². The lowest BCUT2D eigenvalue weighted by atomic mass is 9.71. The minimum Gasteiger partial charge on any atom is -0.354 e. The first-order valence-corrected chi connectivity index (χ1v) is 8.97. The predicted octanol–water partition coefficient (Wildman–Crippen LogP) is 2.70. The van der Waals surface area contributed by atoms with E-state index in [1.165, 1.54) is 12.5 Å². The number of hydrogen-bond acceptors (Lipinski definition) is 3. The predicted molar refractivity (Wildman–Crippen MR) is 103 cm³/mol. The second-order valence-electron chi connectivity index (χ2n) is 7.01. The molecular weight excluding hydrogens is 357 g/mol. The maximum absolute atomic E-state index is 13.5. The van der Waals surface area contributed by atoms with Crippen LogP contribution in [0.15, 0.2) is 18.2 Å². The Bertz CT molecular complexity index is 619. The first-order valence-electron chi connectivity index (χ1n) is 8.97. The van der Waals surface area contributed by atoms with E-state index in [0.717, 1.165) is 25.7 Å². The number of carbonyl (C=O) groups is 2. The Balaban J connectivity index is 0.00000338. The average Bonchev–Trinajstić information content (AvgIpc) is 2.61. The van der Waals surface area contributed by atoms with Crippen molar-refractivity contribution in [3.05, 3.63) is 35.1 Å². The van der Waals surface area contributed by atoms with Crippen molar-refractivity contribution >= 4 is 24.2 Å². The molecule has 0 aliphatic heterocycles. The Kier molecular flexibility index (Phi) is 9.02. The van der Waals surface area contributed by atoms with Crippen molar-refractivity contribution in [2.24, 2.45) is 11.1 Å². The van der Waals surface area contributed by atoms with Crippen LogP contribution in [0.2, 0.25) is 0 Å². The third kappa shape index (κ3) is 6.25. The molecule has 2 amide bonds. The monoisotopic (exact) mass is 385 g/mol. The molecular formula is C19H29ClFN3O2. The molecule has 5 nitrogen and oxygen atoms in total. The highest BCUT2D eigenvalue weighted by molar-refractivity contribution is 5.94. The highest BCUT2D eigenvalue weighted by atomic mass is 35.5. The molecule has 0 heterocycles. The number of aryl methyl sites for hydroxylation is 1. The van der Waals surface area contributed by atoms with Crippen LogP contribution in [0, 0.1) is 18.2 Å². The fourth-order valence-electron chi connectivity index (χ4n) is 3.37. The zero-order valence-corrected chi connectivity index (χ0v) is 16.1. The van der Waals surface area contributed by atoms with Gasteiger partial charge in [0, 0.05) is 25.1 Å². The second-order valence-corrected chi connectivity index (χ2v) is 7.01. The maximum Gasteiger partial charge on any atom is 0.251 e. The number of benzene rings is 1. The van der Waals surface area contributed by atoms with Gasteiger partial charge in [-0.3, -0.25) is 9.59 Å². The van der Waals surface area contributed by atoms with Crippen molar-refractivity contribution in [1.82, 2.24) is 10.6 Å². The van der Waals surface area contributed by atoms with Crippen LogP contribution in [0.3, 0.4) is 0 Å². The molecule has 1 fully saturated rings. The Hall–Kier alpha value is -1.66. The quantitative estimate of drug-likeness (QED) is 0.631. The molecule has 0 unspecified atom stereocenters. The van der Waals surface area contributed by atoms with Crippen molar-refractivity contribution < 1.29 is 14.0 Å². The first-order chi connectivity index (χ1) is 12.0. The van der Waals surface area contributed by atoms with Gasteiger partial charge in [0.25, 0.3) is 5.91 Å². The molecule has 146 valence electrons. The number of carbonyl (C=O) groups excluding carboxylic acids is 2. The molecule has 4 N–H and O–H groups in total. The van der Waals surface area contributed by atoms with Gasteiger partial charge in [-0.05, 0) is 49.4 Å². The standard InChI is InChI=1S/C19H28FN3O2.ClH/c1-14-5-6-15(11-16(14)20)18(25)23-10-9-22-17(24)12-19(13-21)7-3-2-4-8-19;/h5-6,11H,2-4,7-10,12-13,21H2,1H3,(H,22,24)(H,23,25);1H. The summed E-state index contributed by atoms with van der Waals surface area (Å²) in [6.45, 7) is 2.83. The summed E-state index contributed by atoms with van der Waals surface area (Å²) in [4.78, 5) is 24.1. The Morgan fingerprint density at radius 3 is 2.42 bits per heavy atom. The first kappa shape index (κ1) is 22.4. The second kappa shape index (κ2) is 10.5. The molecule has 1 aromatic carbocycles. The van der Waals surface area contributed by atoms with E-state index in [1.807, 2.05) is 0 Å². The number of rotatable bonds is 7. The van der Waals surface area contributed by atoms with Gasteiger partial charge in [-0.1, -0.05) is 25.3 Å². The molecule has 0 spiro atoms. The number of amides is 2. The van der Waals surface area contributed by atoms with E-state index in [4.69, 9.17) is 5.73 Å². The molecule has 7 heteroatoms. The van der Waals surface area contributed by atoms with Gasteiger partial charge in [0.05, 0.1) is 0 Å². The fourth-order valence-corrected chi connectivity index (χ4v) is 3.37. The summed E-state index contributed by atoms with van der Waals surface area (Å²) >= 11 is 0. The molecule has 0 atom stereocenters. The Morgan fingerprint density at radius 1 is 1.15 bits per heavy atom. The normalized spacial score (nSPS) is 15.7. The Labute approximate surface area is 160 Å². The van der Waals surface area contributed by atoms with Gasteiger partial charge in [-0.25, -0.2) is 4.39 Å². The third-order valence-electron chi connectivity index (χ3n) is 5.05. The number of nitrogens with two attached hydrogens (primary N) is 1. The van der Waals surface area contributed by atoms with E-state index in [9.17, 15) is 14.0 Å². The summed E-state index contributed by atoms with van der Waals surface area (Å²) in [6.07, 6.45) is 5.94. The molecule has 2 rings (SSSR count). The molecule has 1 aromatic rings. The van der Waals surface area contributed by atoms with Gasteiger partial charge < -0.3 is 16.4 Å². The van der Waals surface area contributed by atoms with Crippen molar-refractivity contribution in [2.75, 3.05) is 19.6 Å². The summed E-state index contributed by atoms with van der Waals surface area (Å²) in [5.41, 5.74) is 6.61. The topological polar surface area (TPSA) is 84.2 Å². The summed E-state index contributed by atoms with van der Waals surface area (Å²) < 4.78 is 13.5. The van der Waals surface area contributed by atoms with Gasteiger partial charge in [0.1, 0.15) is 5.82 Å². The number of hydrogen-bond donors (Lipinski definition) is 3. The van der Waals surface area contributed by atoms with Crippen LogP contribution in [0.5, 0.6) is 0 Å². The lowest BCUT2D eigenvalue weighted by Gasteiger charge is -2.35. The highest BCUT2D eigenvalue weighted by Gasteiger charge is 2.32. The molecule has 0 saturated heterocycles. The smallest absolute Gasteiger partial charge is 0.251 e. The molecule has 0 radical (unpaired) electrons. The molecule has 0 bridgehead atoms. The van der Waals surface area contributed by atoms with Crippen LogP contribution in [-0.2, 0) is 4.79 Å². The highest BCUT2D eigenvalue weighted by Crippen LogP contribution is 2.38. The fraction of sp³-hybridized carbons (Fsp3) is 0.579. The van der Waals surface area contributed by atoms with Crippen LogP contribution in [0.25, 0.3) is 0 Å². The summed E-state index contributed by atoms with van der Waals surface area (Å²) in [5.74, 6) is -0.776. The van der Waals surface area contributed by atoms with E-state index >= 15 is 0 Å². The largest absolute Gasteiger partial charge is 0.354 e. The van der Waals surface area contributed by atoms with Gasteiger partial charge in [-0.2, -0.15) is 0 Å². The summed E-state index contributed by atoms with van der Waals surface area (Å²) in [6, 6.07) is 4.38. The lowest BCUT2D eigenvalue weighted by Crippen LogP contribution is -2.40. The van der Waals surface area contributed by atoms with Crippen LogP contribution in [0.1, 0.15) is 54.4 Å². The number of nitrogens with one attached hydrogen (secondary N) is 2. The van der Waals surface area contributed by atoms with Crippen molar-refractivity contribution in [1.29, 1.82) is 0 Å². The zero-order valence-electron chi connectivity index (χ0n) is 15.3. The zero-order chi connectivity index (χ0) is 18.3. The van der Waals surface area contributed by atoms with Gasteiger partial charge in [0.15, 0.2) is 0 Å². The average molecular weight is 386 g/mol. The van der Waals surface area contributed by atoms with E-state index in [-0.39, 0.29) is 35.2 Å². The molecule has 1 saturated carbocycles. The summed E-state index contributed by atoms with van der Waals surface area (Å²) in [7, 11) is 0. The van der Waals surface area contributed by atoms with E-state index < -0.39 is 5.82 Å². The molecule has 1 aliphatic carbocycles. The minimum atomic E-state index is -0.402. The molecule has 0 aromatic heterocycles. The molecule has 1 aliphatic rings. The number of halogens is 2. The van der Waals surface area contributed by atoms with Gasteiger partial charge in [-0.15, -0.1) is 12.4 Å². The van der Waals surface area contributed by atoms with Crippen molar-refractivity contribution in [3.63, 3.8) is 0 Å². The van der Waals surface area contributed by atoms with E-state index in [2.05, 4.69) is 10.6 Å². The van der Waals surface area contributed by atoms with Crippen molar-refractivity contribution in [3.8, 4) is 0 Å². The SMILES string of the molecule is Cc1ccc(C(=O)NCCNC(=O)CC2(CN)CCCCC2)cc1F.Cl. The Morgan fingerprint density at radius 2 is 1.81 bits per heavy atom.